The monoisotopic (exact) mass is 529 g/mol. The van der Waals surface area contributed by atoms with Gasteiger partial charge >= 0.3 is 24.2 Å². The summed E-state index contributed by atoms with van der Waals surface area (Å²) in [6.45, 7) is 0.161. The molecule has 3 aromatic rings. The third-order valence-corrected chi connectivity index (χ3v) is 4.72. The average Bonchev–Trinajstić information content (AvgIpc) is 2.84. The smallest absolute Gasteiger partial charge is 0.449 e. The molecule has 0 saturated heterocycles. The van der Waals surface area contributed by atoms with Crippen LogP contribution >= 0.6 is 0 Å². The Balaban J connectivity index is 1.63. The Morgan fingerprint density at radius 3 is 2.37 bits per heavy atom. The predicted molar refractivity (Wildman–Crippen MR) is 125 cm³/mol. The van der Waals surface area contributed by atoms with Crippen molar-refractivity contribution in [1.29, 1.82) is 0 Å². The Bertz CT molecular complexity index is 1450. The number of aromatic amines is 1. The fourth-order valence-electron chi connectivity index (χ4n) is 3.05. The zero-order chi connectivity index (χ0) is 27.8. The molecular formula is C21H19N7O10. The minimum Gasteiger partial charge on any atom is -0.449 e. The van der Waals surface area contributed by atoms with Crippen LogP contribution in [-0.2, 0) is 25.6 Å². The molecule has 0 unspecified atom stereocenters. The molecular weight excluding hydrogens is 510 g/mol. The second-order valence-electron chi connectivity index (χ2n) is 7.41. The number of rotatable bonds is 9. The van der Waals surface area contributed by atoms with E-state index in [-0.39, 0.29) is 29.2 Å². The van der Waals surface area contributed by atoms with E-state index in [0.29, 0.717) is 11.4 Å². The average molecular weight is 529 g/mol. The fourth-order valence-corrected chi connectivity index (χ4v) is 3.05. The molecule has 2 heterocycles. The zero-order valence-corrected chi connectivity index (χ0v) is 19.2. The predicted octanol–water partition coefficient (Wildman–Crippen LogP) is 0.228. The van der Waals surface area contributed by atoms with Crippen LogP contribution in [0.15, 0.2) is 35.3 Å². The lowest BCUT2D eigenvalue weighted by atomic mass is 10.1. The van der Waals surface area contributed by atoms with Gasteiger partial charge in [0.1, 0.15) is 6.04 Å². The Morgan fingerprint density at radius 2 is 1.71 bits per heavy atom. The van der Waals surface area contributed by atoms with Crippen molar-refractivity contribution in [1.82, 2.24) is 25.3 Å². The third kappa shape index (κ3) is 7.44. The van der Waals surface area contributed by atoms with E-state index in [1.165, 1.54) is 30.5 Å². The standard InChI is InChI=1S/C21H19N7O10/c22-19-27-15-14(17(31)28-19)25-11(8-24-15)7-23-10-3-1-9(2-4-10)16(30)26-12(18(32)38-21(35)36)5-6-13(29)37-20(33)34/h1-4,8,12,23H,5-7H2,(H,26,30)(H,33,34)(H,35,36)(H3,22,24,27,28,31)/t12-/m0/s1. The van der Waals surface area contributed by atoms with Gasteiger partial charge in [-0.1, -0.05) is 0 Å². The molecule has 1 aromatic carbocycles. The molecule has 198 valence electrons. The summed E-state index contributed by atoms with van der Waals surface area (Å²) in [7, 11) is 0. The molecule has 17 heteroatoms. The van der Waals surface area contributed by atoms with Crippen molar-refractivity contribution in [3.63, 3.8) is 0 Å². The molecule has 0 aliphatic heterocycles. The molecule has 0 saturated carbocycles. The summed E-state index contributed by atoms with van der Waals surface area (Å²) in [5, 5.41) is 22.4. The maximum Gasteiger partial charge on any atom is 0.513 e. The molecule has 3 rings (SSSR count). The van der Waals surface area contributed by atoms with Crippen LogP contribution < -0.4 is 21.9 Å². The maximum atomic E-state index is 12.6. The van der Waals surface area contributed by atoms with E-state index < -0.39 is 54.6 Å². The Labute approximate surface area is 211 Å². The number of ether oxygens (including phenoxy) is 2. The number of anilines is 2. The highest BCUT2D eigenvalue weighted by Gasteiger charge is 2.26. The SMILES string of the molecule is Nc1nc2ncc(CNc3ccc(C(=O)N[C@@H](CCC(=O)OC(=O)O)C(=O)OC(=O)O)cc3)nc2c(=O)[nH]1. The lowest BCUT2D eigenvalue weighted by Gasteiger charge is -2.16. The molecule has 0 bridgehead atoms. The largest absolute Gasteiger partial charge is 0.513 e. The number of nitrogens with two attached hydrogens (primary N) is 1. The van der Waals surface area contributed by atoms with E-state index in [1.54, 1.807) is 0 Å². The number of carboxylic acid groups (broad SMARTS) is 2. The number of hydrogen-bond acceptors (Lipinski definition) is 13. The van der Waals surface area contributed by atoms with Gasteiger partial charge in [-0.15, -0.1) is 0 Å². The molecule has 2 aromatic heterocycles. The number of esters is 2. The van der Waals surface area contributed by atoms with Gasteiger partial charge in [0.2, 0.25) is 5.95 Å². The highest BCUT2D eigenvalue weighted by atomic mass is 16.7. The number of aromatic nitrogens is 4. The second-order valence-corrected chi connectivity index (χ2v) is 7.41. The second kappa shape index (κ2) is 11.9. The molecule has 17 nitrogen and oxygen atoms in total. The van der Waals surface area contributed by atoms with Crippen LogP contribution in [-0.4, -0.2) is 66.3 Å². The van der Waals surface area contributed by atoms with E-state index in [0.717, 1.165) is 0 Å². The number of carbonyl (C=O) groups excluding carboxylic acids is 3. The molecule has 38 heavy (non-hydrogen) atoms. The number of amides is 1. The van der Waals surface area contributed by atoms with Gasteiger partial charge in [-0.05, 0) is 30.7 Å². The van der Waals surface area contributed by atoms with Crippen LogP contribution in [0.25, 0.3) is 11.2 Å². The van der Waals surface area contributed by atoms with Crippen molar-refractivity contribution < 1.29 is 43.7 Å². The molecule has 0 spiro atoms. The number of fused-ring (bicyclic) bond motifs is 1. The highest BCUT2D eigenvalue weighted by molar-refractivity contribution is 5.98. The lowest BCUT2D eigenvalue weighted by Crippen LogP contribution is -2.42. The topological polar surface area (TPSA) is 266 Å². The number of benzene rings is 1. The molecule has 7 N–H and O–H groups in total. The van der Waals surface area contributed by atoms with Crippen LogP contribution in [0.1, 0.15) is 28.9 Å². The molecule has 0 aliphatic carbocycles. The summed E-state index contributed by atoms with van der Waals surface area (Å²) in [5.74, 6) is -3.48. The third-order valence-electron chi connectivity index (χ3n) is 4.72. The molecule has 0 fully saturated rings. The molecule has 1 atom stereocenters. The van der Waals surface area contributed by atoms with E-state index in [4.69, 9.17) is 15.9 Å². The first-order chi connectivity index (χ1) is 18.0. The number of H-pyrrole nitrogens is 1. The first-order valence-corrected chi connectivity index (χ1v) is 10.6. The van der Waals surface area contributed by atoms with Gasteiger partial charge < -0.3 is 36.1 Å². The minimum atomic E-state index is -1.93. The van der Waals surface area contributed by atoms with Crippen LogP contribution in [0.3, 0.4) is 0 Å². The molecule has 0 radical (unpaired) electrons. The molecule has 1 amide bonds. The van der Waals surface area contributed by atoms with E-state index in [1.807, 2.05) is 0 Å². The Hall–Kier alpha value is -5.61. The number of nitrogens with zero attached hydrogens (tertiary/aromatic N) is 3. The van der Waals surface area contributed by atoms with E-state index in [9.17, 15) is 28.8 Å². The number of hydrogen-bond donors (Lipinski definition) is 6. The van der Waals surface area contributed by atoms with Gasteiger partial charge in [0.15, 0.2) is 11.2 Å². The van der Waals surface area contributed by atoms with Crippen molar-refractivity contribution in [3.8, 4) is 0 Å². The van der Waals surface area contributed by atoms with Crippen molar-refractivity contribution in [2.45, 2.75) is 25.4 Å². The maximum absolute atomic E-state index is 12.6. The van der Waals surface area contributed by atoms with E-state index in [2.05, 4.69) is 40.0 Å². The zero-order valence-electron chi connectivity index (χ0n) is 19.2. The van der Waals surface area contributed by atoms with Crippen LogP contribution in [0.2, 0.25) is 0 Å². The van der Waals surface area contributed by atoms with Crippen LogP contribution in [0.5, 0.6) is 0 Å². The Kier molecular flexibility index (Phi) is 8.44. The highest BCUT2D eigenvalue weighted by Crippen LogP contribution is 2.13. The summed E-state index contributed by atoms with van der Waals surface area (Å²) in [6, 6.07) is 4.23. The number of nitrogens with one attached hydrogen (secondary N) is 3. The fraction of sp³-hybridized carbons (Fsp3) is 0.190. The van der Waals surface area contributed by atoms with Crippen molar-refractivity contribution in [3.05, 3.63) is 52.1 Å². The van der Waals surface area contributed by atoms with Gasteiger partial charge in [-0.2, -0.15) is 4.98 Å². The summed E-state index contributed by atoms with van der Waals surface area (Å²) in [6.07, 6.45) is -3.49. The Morgan fingerprint density at radius 1 is 1.03 bits per heavy atom. The summed E-state index contributed by atoms with van der Waals surface area (Å²) in [4.78, 5) is 83.5. The van der Waals surface area contributed by atoms with Crippen LogP contribution in [0, 0.1) is 0 Å². The normalized spacial score (nSPS) is 11.3. The summed E-state index contributed by atoms with van der Waals surface area (Å²) < 4.78 is 7.94. The van der Waals surface area contributed by atoms with Gasteiger partial charge in [0, 0.05) is 17.7 Å². The summed E-state index contributed by atoms with van der Waals surface area (Å²) in [5.41, 5.74) is 6.07. The van der Waals surface area contributed by atoms with Gasteiger partial charge in [-0.3, -0.25) is 19.4 Å². The quantitative estimate of drug-likeness (QED) is 0.160. The first kappa shape index (κ1) is 27.0. The van der Waals surface area contributed by atoms with Gasteiger partial charge in [-0.25, -0.2) is 24.4 Å². The van der Waals surface area contributed by atoms with Crippen LogP contribution in [0.4, 0.5) is 21.2 Å². The van der Waals surface area contributed by atoms with Crippen molar-refractivity contribution in [2.75, 3.05) is 11.1 Å². The van der Waals surface area contributed by atoms with Crippen molar-refractivity contribution >= 4 is 53.0 Å². The molecule has 0 aliphatic rings. The number of carbonyl (C=O) groups is 5. The van der Waals surface area contributed by atoms with E-state index >= 15 is 0 Å². The van der Waals surface area contributed by atoms with Gasteiger partial charge in [0.25, 0.3) is 11.5 Å². The lowest BCUT2D eigenvalue weighted by molar-refractivity contribution is -0.142. The van der Waals surface area contributed by atoms with Crippen molar-refractivity contribution in [2.24, 2.45) is 0 Å². The summed E-state index contributed by atoms with van der Waals surface area (Å²) >= 11 is 0. The minimum absolute atomic E-state index is 0.0118. The number of nitrogen functional groups attached to an aromatic ring is 1. The van der Waals surface area contributed by atoms with Gasteiger partial charge in [0.05, 0.1) is 18.4 Å². The first-order valence-electron chi connectivity index (χ1n) is 10.6.